The van der Waals surface area contributed by atoms with Crippen LogP contribution in [0.25, 0.3) is 0 Å². The van der Waals surface area contributed by atoms with Crippen LogP contribution in [0.2, 0.25) is 0 Å². The van der Waals surface area contributed by atoms with Crippen molar-refractivity contribution >= 4 is 5.91 Å². The first-order valence-corrected chi connectivity index (χ1v) is 8.38. The third kappa shape index (κ3) is 3.48. The molecule has 2 heterocycles. The lowest BCUT2D eigenvalue weighted by Gasteiger charge is -2.34. The largest absolute Gasteiger partial charge is 0.335 e. The van der Waals surface area contributed by atoms with E-state index in [4.69, 9.17) is 0 Å². The molecule has 6 heteroatoms. The fourth-order valence-electron chi connectivity index (χ4n) is 3.14. The number of hydrogen-bond donors (Lipinski definition) is 1. The maximum Gasteiger partial charge on any atom is 0.274 e. The molecule has 0 aliphatic carbocycles. The van der Waals surface area contributed by atoms with Crippen molar-refractivity contribution < 1.29 is 9.18 Å². The van der Waals surface area contributed by atoms with Gasteiger partial charge in [-0.2, -0.15) is 5.10 Å². The quantitative estimate of drug-likeness (QED) is 0.936. The summed E-state index contributed by atoms with van der Waals surface area (Å²) in [5, 5.41) is 7.13. The van der Waals surface area contributed by atoms with Crippen molar-refractivity contribution in [2.45, 2.75) is 26.8 Å². The summed E-state index contributed by atoms with van der Waals surface area (Å²) in [7, 11) is 0. The van der Waals surface area contributed by atoms with Crippen molar-refractivity contribution in [1.29, 1.82) is 0 Å². The SMILES string of the molecule is CCc1[nH]nc(C(=O)N2CCN(Cc3cccc(F)c3)CC2)c1C. The van der Waals surface area contributed by atoms with Crippen LogP contribution in [0, 0.1) is 12.7 Å². The molecule has 1 amide bonds. The number of amides is 1. The Morgan fingerprint density at radius 3 is 2.67 bits per heavy atom. The van der Waals surface area contributed by atoms with E-state index in [1.165, 1.54) is 6.07 Å². The molecule has 1 saturated heterocycles. The summed E-state index contributed by atoms with van der Waals surface area (Å²) in [6.07, 6.45) is 0.841. The fraction of sp³-hybridized carbons (Fsp3) is 0.444. The van der Waals surface area contributed by atoms with Gasteiger partial charge >= 0.3 is 0 Å². The zero-order valence-corrected chi connectivity index (χ0v) is 14.2. The van der Waals surface area contributed by atoms with Crippen LogP contribution in [0.5, 0.6) is 0 Å². The normalized spacial score (nSPS) is 15.7. The van der Waals surface area contributed by atoms with Crippen LogP contribution in [0.1, 0.15) is 34.2 Å². The number of nitrogens with one attached hydrogen (secondary N) is 1. The van der Waals surface area contributed by atoms with Gasteiger partial charge in [0, 0.05) is 44.0 Å². The number of carbonyl (C=O) groups is 1. The minimum absolute atomic E-state index is 0.00569. The Bertz CT molecular complexity index is 720. The first-order chi connectivity index (χ1) is 11.6. The van der Waals surface area contributed by atoms with Crippen molar-refractivity contribution in [3.63, 3.8) is 0 Å². The molecule has 1 N–H and O–H groups in total. The van der Waals surface area contributed by atoms with Crippen molar-refractivity contribution in [2.24, 2.45) is 0 Å². The zero-order valence-electron chi connectivity index (χ0n) is 14.2. The number of aromatic amines is 1. The van der Waals surface area contributed by atoms with Crippen molar-refractivity contribution in [2.75, 3.05) is 26.2 Å². The molecule has 1 fully saturated rings. The number of carbonyl (C=O) groups excluding carboxylic acids is 1. The second kappa shape index (κ2) is 7.13. The zero-order chi connectivity index (χ0) is 17.1. The lowest BCUT2D eigenvalue weighted by Crippen LogP contribution is -2.48. The van der Waals surface area contributed by atoms with Crippen LogP contribution in [-0.4, -0.2) is 52.1 Å². The van der Waals surface area contributed by atoms with Gasteiger partial charge in [0.25, 0.3) is 5.91 Å². The van der Waals surface area contributed by atoms with Gasteiger partial charge in [-0.3, -0.25) is 14.8 Å². The predicted molar refractivity (Wildman–Crippen MR) is 90.3 cm³/mol. The number of nitrogens with zero attached hydrogens (tertiary/aromatic N) is 3. The van der Waals surface area contributed by atoms with Gasteiger partial charge in [-0.05, 0) is 31.0 Å². The number of aromatic nitrogens is 2. The van der Waals surface area contributed by atoms with E-state index in [0.29, 0.717) is 25.3 Å². The monoisotopic (exact) mass is 330 g/mol. The van der Waals surface area contributed by atoms with E-state index in [-0.39, 0.29) is 11.7 Å². The van der Waals surface area contributed by atoms with Crippen LogP contribution >= 0.6 is 0 Å². The van der Waals surface area contributed by atoms with E-state index in [9.17, 15) is 9.18 Å². The van der Waals surface area contributed by atoms with E-state index < -0.39 is 0 Å². The molecule has 2 aromatic rings. The third-order valence-corrected chi connectivity index (χ3v) is 4.62. The van der Waals surface area contributed by atoms with Gasteiger partial charge < -0.3 is 4.90 Å². The fourth-order valence-corrected chi connectivity index (χ4v) is 3.14. The number of piperazine rings is 1. The first kappa shape index (κ1) is 16.6. The number of benzene rings is 1. The van der Waals surface area contributed by atoms with Gasteiger partial charge in [0.15, 0.2) is 5.69 Å². The third-order valence-electron chi connectivity index (χ3n) is 4.62. The topological polar surface area (TPSA) is 52.2 Å². The van der Waals surface area contributed by atoms with Gasteiger partial charge in [-0.1, -0.05) is 19.1 Å². The summed E-state index contributed by atoms with van der Waals surface area (Å²) >= 11 is 0. The Hall–Kier alpha value is -2.21. The highest BCUT2D eigenvalue weighted by molar-refractivity contribution is 5.94. The summed E-state index contributed by atoms with van der Waals surface area (Å²) in [6, 6.07) is 6.68. The summed E-state index contributed by atoms with van der Waals surface area (Å²) in [5.41, 5.74) is 3.46. The van der Waals surface area contributed by atoms with E-state index >= 15 is 0 Å². The molecule has 5 nitrogen and oxygen atoms in total. The summed E-state index contributed by atoms with van der Waals surface area (Å²) in [5.74, 6) is -0.212. The van der Waals surface area contributed by atoms with Crippen molar-refractivity contribution in [1.82, 2.24) is 20.0 Å². The molecular weight excluding hydrogens is 307 g/mol. The van der Waals surface area contributed by atoms with Gasteiger partial charge in [0.1, 0.15) is 5.82 Å². The van der Waals surface area contributed by atoms with Crippen molar-refractivity contribution in [3.05, 3.63) is 52.6 Å². The van der Waals surface area contributed by atoms with Crippen LogP contribution in [0.4, 0.5) is 4.39 Å². The number of H-pyrrole nitrogens is 1. The minimum atomic E-state index is -0.206. The Balaban J connectivity index is 1.58. The molecule has 0 atom stereocenters. The molecule has 0 radical (unpaired) electrons. The molecule has 0 spiro atoms. The summed E-state index contributed by atoms with van der Waals surface area (Å²) in [4.78, 5) is 16.7. The molecule has 0 bridgehead atoms. The standard InChI is InChI=1S/C18H23FN4O/c1-3-16-13(2)17(21-20-16)18(24)23-9-7-22(8-10-23)12-14-5-4-6-15(19)11-14/h4-6,11H,3,7-10,12H2,1-2H3,(H,20,21). The number of hydrogen-bond acceptors (Lipinski definition) is 3. The van der Waals surface area contributed by atoms with Gasteiger partial charge in [0.2, 0.25) is 0 Å². The van der Waals surface area contributed by atoms with Gasteiger partial charge in [-0.15, -0.1) is 0 Å². The summed E-state index contributed by atoms with van der Waals surface area (Å²) < 4.78 is 13.3. The van der Waals surface area contributed by atoms with E-state index in [0.717, 1.165) is 36.3 Å². The number of halogens is 1. The predicted octanol–water partition coefficient (Wildman–Crippen LogP) is 2.38. The first-order valence-electron chi connectivity index (χ1n) is 8.38. The van der Waals surface area contributed by atoms with Gasteiger partial charge in [-0.25, -0.2) is 4.39 Å². The highest BCUT2D eigenvalue weighted by Crippen LogP contribution is 2.15. The van der Waals surface area contributed by atoms with E-state index in [1.807, 2.05) is 24.8 Å². The Morgan fingerprint density at radius 2 is 2.04 bits per heavy atom. The Kier molecular flexibility index (Phi) is 4.94. The second-order valence-corrected chi connectivity index (χ2v) is 6.23. The lowest BCUT2D eigenvalue weighted by atomic mass is 10.1. The summed E-state index contributed by atoms with van der Waals surface area (Å²) in [6.45, 7) is 7.60. The molecule has 1 aromatic heterocycles. The molecule has 3 rings (SSSR count). The number of aryl methyl sites for hydroxylation is 1. The average Bonchev–Trinajstić information content (AvgIpc) is 2.95. The highest BCUT2D eigenvalue weighted by Gasteiger charge is 2.25. The molecule has 24 heavy (non-hydrogen) atoms. The maximum atomic E-state index is 13.3. The molecule has 0 saturated carbocycles. The molecule has 1 aliphatic rings. The highest BCUT2D eigenvalue weighted by atomic mass is 19.1. The minimum Gasteiger partial charge on any atom is -0.335 e. The molecule has 1 aromatic carbocycles. The molecule has 1 aliphatic heterocycles. The van der Waals surface area contributed by atoms with Crippen LogP contribution in [-0.2, 0) is 13.0 Å². The van der Waals surface area contributed by atoms with Crippen LogP contribution in [0.15, 0.2) is 24.3 Å². The average molecular weight is 330 g/mol. The smallest absolute Gasteiger partial charge is 0.274 e. The van der Waals surface area contributed by atoms with Crippen molar-refractivity contribution in [3.8, 4) is 0 Å². The van der Waals surface area contributed by atoms with Crippen LogP contribution in [0.3, 0.4) is 0 Å². The Labute approximate surface area is 141 Å². The number of rotatable bonds is 4. The van der Waals surface area contributed by atoms with Gasteiger partial charge in [0.05, 0.1) is 0 Å². The van der Waals surface area contributed by atoms with Crippen LogP contribution < -0.4 is 0 Å². The molecule has 0 unspecified atom stereocenters. The second-order valence-electron chi connectivity index (χ2n) is 6.23. The van der Waals surface area contributed by atoms with E-state index in [2.05, 4.69) is 15.1 Å². The molecular formula is C18H23FN4O. The Morgan fingerprint density at radius 1 is 1.29 bits per heavy atom. The van der Waals surface area contributed by atoms with E-state index in [1.54, 1.807) is 12.1 Å². The maximum absolute atomic E-state index is 13.3. The molecule has 128 valence electrons. The lowest BCUT2D eigenvalue weighted by molar-refractivity contribution is 0.0622.